The molecule has 0 aromatic carbocycles. The van der Waals surface area contributed by atoms with E-state index < -0.39 is 10.0 Å². The Morgan fingerprint density at radius 2 is 1.91 bits per heavy atom. The summed E-state index contributed by atoms with van der Waals surface area (Å²) in [5.74, 6) is 1.24. The van der Waals surface area contributed by atoms with Crippen LogP contribution in [-0.4, -0.2) is 45.6 Å². The molecule has 23 heavy (non-hydrogen) atoms. The van der Waals surface area contributed by atoms with Gasteiger partial charge in [-0.15, -0.1) is 0 Å². The molecule has 0 aliphatic carbocycles. The molecule has 0 amide bonds. The number of sulfonamides is 1. The Morgan fingerprint density at radius 1 is 1.26 bits per heavy atom. The molecule has 0 saturated carbocycles. The van der Waals surface area contributed by atoms with Crippen molar-refractivity contribution in [3.05, 3.63) is 36.4 Å². The maximum Gasteiger partial charge on any atom is 0.216 e. The van der Waals surface area contributed by atoms with Crippen LogP contribution in [0.15, 0.2) is 30.7 Å². The minimum atomic E-state index is -3.12. The lowest BCUT2D eigenvalue weighted by molar-refractivity contribution is 0.178. The molecular weight excluding hydrogens is 312 g/mol. The summed E-state index contributed by atoms with van der Waals surface area (Å²) in [4.78, 5) is 8.54. The van der Waals surface area contributed by atoms with Gasteiger partial charge < -0.3 is 4.57 Å². The largest absolute Gasteiger partial charge is 0.328 e. The predicted molar refractivity (Wildman–Crippen MR) is 89.3 cm³/mol. The Balaban J connectivity index is 1.73. The number of nitrogens with zero attached hydrogens (tertiary/aromatic N) is 4. The third kappa shape index (κ3) is 3.03. The van der Waals surface area contributed by atoms with E-state index in [0.717, 1.165) is 23.6 Å². The first-order valence-corrected chi connectivity index (χ1v) is 9.31. The average Bonchev–Trinajstić information content (AvgIpc) is 2.84. The Bertz CT molecular complexity index is 778. The summed E-state index contributed by atoms with van der Waals surface area (Å²) >= 11 is 0. The molecule has 0 N–H and O–H groups in total. The summed E-state index contributed by atoms with van der Waals surface area (Å²) in [7, 11) is -3.12. The summed E-state index contributed by atoms with van der Waals surface area (Å²) in [6.07, 6.45) is 5.37. The smallest absolute Gasteiger partial charge is 0.216 e. The zero-order chi connectivity index (χ0) is 16.6. The summed E-state index contributed by atoms with van der Waals surface area (Å²) in [6, 6.07) is 3.88. The molecular formula is C16H22N4O2S. The van der Waals surface area contributed by atoms with Crippen molar-refractivity contribution >= 4 is 10.0 Å². The first-order valence-electron chi connectivity index (χ1n) is 7.81. The molecule has 0 bridgehead atoms. The molecule has 124 valence electrons. The van der Waals surface area contributed by atoms with Crippen LogP contribution in [0.1, 0.15) is 19.5 Å². The number of rotatable bonds is 5. The molecule has 3 heterocycles. The van der Waals surface area contributed by atoms with Crippen molar-refractivity contribution in [2.24, 2.45) is 5.92 Å². The maximum absolute atomic E-state index is 12.1. The van der Waals surface area contributed by atoms with Crippen LogP contribution in [0.3, 0.4) is 0 Å². The molecule has 1 fully saturated rings. The number of aryl methyl sites for hydroxylation is 1. The van der Waals surface area contributed by atoms with Crippen LogP contribution in [0, 0.1) is 12.8 Å². The van der Waals surface area contributed by atoms with Crippen molar-refractivity contribution in [2.45, 2.75) is 32.6 Å². The molecule has 2 aromatic rings. The van der Waals surface area contributed by atoms with Crippen LogP contribution < -0.4 is 0 Å². The topological polar surface area (TPSA) is 68.1 Å². The van der Waals surface area contributed by atoms with E-state index in [9.17, 15) is 8.42 Å². The van der Waals surface area contributed by atoms with Crippen LogP contribution in [0.5, 0.6) is 0 Å². The van der Waals surface area contributed by atoms with Crippen molar-refractivity contribution in [1.29, 1.82) is 0 Å². The normalized spacial score (nSPS) is 16.7. The Morgan fingerprint density at radius 3 is 2.52 bits per heavy atom. The number of pyridine rings is 1. The maximum atomic E-state index is 12.1. The highest BCUT2D eigenvalue weighted by atomic mass is 32.2. The number of hydrogen-bond donors (Lipinski definition) is 0. The van der Waals surface area contributed by atoms with Crippen LogP contribution in [0.25, 0.3) is 11.4 Å². The van der Waals surface area contributed by atoms with Crippen molar-refractivity contribution in [3.8, 4) is 11.4 Å². The SMILES string of the molecule is Cc1cnc(-c2ccncc2)n1CC1CN(S(=O)(=O)C(C)C)C1. The molecule has 1 aliphatic rings. The fraction of sp³-hybridized carbons (Fsp3) is 0.500. The molecule has 0 spiro atoms. The summed E-state index contributed by atoms with van der Waals surface area (Å²) < 4.78 is 28.0. The van der Waals surface area contributed by atoms with E-state index in [4.69, 9.17) is 0 Å². The van der Waals surface area contributed by atoms with Crippen LogP contribution in [0.2, 0.25) is 0 Å². The van der Waals surface area contributed by atoms with E-state index in [1.54, 1.807) is 30.5 Å². The van der Waals surface area contributed by atoms with Gasteiger partial charge in [0.25, 0.3) is 0 Å². The number of hydrogen-bond acceptors (Lipinski definition) is 4. The van der Waals surface area contributed by atoms with Gasteiger partial charge in [-0.1, -0.05) is 0 Å². The highest BCUT2D eigenvalue weighted by Gasteiger charge is 2.37. The van der Waals surface area contributed by atoms with Crippen molar-refractivity contribution < 1.29 is 8.42 Å². The van der Waals surface area contributed by atoms with Crippen molar-refractivity contribution in [1.82, 2.24) is 18.8 Å². The van der Waals surface area contributed by atoms with E-state index in [1.807, 2.05) is 25.3 Å². The van der Waals surface area contributed by atoms with E-state index in [0.29, 0.717) is 19.0 Å². The van der Waals surface area contributed by atoms with Gasteiger partial charge in [-0.25, -0.2) is 17.7 Å². The predicted octanol–water partition coefficient (Wildman–Crippen LogP) is 1.92. The van der Waals surface area contributed by atoms with E-state index in [2.05, 4.69) is 14.5 Å². The monoisotopic (exact) mass is 334 g/mol. The van der Waals surface area contributed by atoms with E-state index >= 15 is 0 Å². The number of aromatic nitrogens is 3. The Kier molecular flexibility index (Phi) is 4.25. The second-order valence-electron chi connectivity index (χ2n) is 6.35. The lowest BCUT2D eigenvalue weighted by atomic mass is 10.0. The lowest BCUT2D eigenvalue weighted by Crippen LogP contribution is -2.53. The minimum absolute atomic E-state index is 0.331. The molecule has 1 aliphatic heterocycles. The standard InChI is InChI=1S/C16H22N4O2S/c1-12(2)23(21,22)19-9-14(10-19)11-20-13(3)8-18-16(20)15-4-6-17-7-5-15/h4-8,12,14H,9-11H2,1-3H3. The van der Waals surface area contributed by atoms with Gasteiger partial charge in [0.2, 0.25) is 10.0 Å². The molecule has 6 nitrogen and oxygen atoms in total. The highest BCUT2D eigenvalue weighted by Crippen LogP contribution is 2.26. The second kappa shape index (κ2) is 6.05. The first kappa shape index (κ1) is 16.1. The zero-order valence-corrected chi connectivity index (χ0v) is 14.5. The van der Waals surface area contributed by atoms with Gasteiger partial charge in [0.15, 0.2) is 0 Å². The lowest BCUT2D eigenvalue weighted by Gasteiger charge is -2.39. The number of imidazole rings is 1. The molecule has 1 saturated heterocycles. The van der Waals surface area contributed by atoms with E-state index in [1.165, 1.54) is 0 Å². The van der Waals surface area contributed by atoms with Crippen LogP contribution in [-0.2, 0) is 16.6 Å². The van der Waals surface area contributed by atoms with Gasteiger partial charge >= 0.3 is 0 Å². The van der Waals surface area contributed by atoms with Gasteiger partial charge in [0, 0.05) is 55.4 Å². The Hall–Kier alpha value is -1.73. The second-order valence-corrected chi connectivity index (χ2v) is 8.84. The third-order valence-electron chi connectivity index (χ3n) is 4.31. The van der Waals surface area contributed by atoms with Gasteiger partial charge in [-0.2, -0.15) is 0 Å². The molecule has 0 radical (unpaired) electrons. The Labute approximate surface area is 137 Å². The van der Waals surface area contributed by atoms with Crippen molar-refractivity contribution in [3.63, 3.8) is 0 Å². The summed E-state index contributed by atoms with van der Waals surface area (Å²) in [5.41, 5.74) is 2.11. The summed E-state index contributed by atoms with van der Waals surface area (Å²) in [6.45, 7) is 7.45. The quantitative estimate of drug-likeness (QED) is 0.838. The zero-order valence-electron chi connectivity index (χ0n) is 13.7. The molecule has 7 heteroatoms. The third-order valence-corrected chi connectivity index (χ3v) is 6.52. The van der Waals surface area contributed by atoms with Crippen LogP contribution in [0.4, 0.5) is 0 Å². The molecule has 2 aromatic heterocycles. The van der Waals surface area contributed by atoms with E-state index in [-0.39, 0.29) is 5.25 Å². The van der Waals surface area contributed by atoms with Gasteiger partial charge in [-0.05, 0) is 32.9 Å². The first-order chi connectivity index (χ1) is 10.9. The van der Waals surface area contributed by atoms with Gasteiger partial charge in [0.1, 0.15) is 5.82 Å². The highest BCUT2D eigenvalue weighted by molar-refractivity contribution is 7.89. The van der Waals surface area contributed by atoms with Gasteiger partial charge in [0.05, 0.1) is 5.25 Å². The average molecular weight is 334 g/mol. The molecule has 3 rings (SSSR count). The molecule has 0 unspecified atom stereocenters. The summed E-state index contributed by atoms with van der Waals surface area (Å²) in [5, 5.41) is -0.356. The van der Waals surface area contributed by atoms with Crippen molar-refractivity contribution in [2.75, 3.05) is 13.1 Å². The fourth-order valence-electron chi connectivity index (χ4n) is 2.82. The van der Waals surface area contributed by atoms with Gasteiger partial charge in [-0.3, -0.25) is 4.98 Å². The minimum Gasteiger partial charge on any atom is -0.328 e. The molecule has 0 atom stereocenters. The fourth-order valence-corrected chi connectivity index (χ4v) is 4.26. The van der Waals surface area contributed by atoms with Crippen LogP contribution >= 0.6 is 0 Å².